The number of amides is 2. The summed E-state index contributed by atoms with van der Waals surface area (Å²) in [5.74, 6) is 0.228. The van der Waals surface area contributed by atoms with Crippen LogP contribution in [0.25, 0.3) is 10.8 Å². The van der Waals surface area contributed by atoms with Crippen LogP contribution in [0.4, 0.5) is 0 Å². The Hall–Kier alpha value is -2.87. The normalized spacial score (nSPS) is 19.3. The van der Waals surface area contributed by atoms with E-state index in [0.29, 0.717) is 36.6 Å². The lowest BCUT2D eigenvalue weighted by Crippen LogP contribution is -2.37. The number of nitrogens with zero attached hydrogens (tertiary/aromatic N) is 1. The van der Waals surface area contributed by atoms with E-state index in [1.54, 1.807) is 24.4 Å². The summed E-state index contributed by atoms with van der Waals surface area (Å²) in [6.45, 7) is 4.09. The molecule has 8 nitrogen and oxygen atoms in total. The molecule has 1 saturated heterocycles. The zero-order valence-corrected chi connectivity index (χ0v) is 15.4. The number of carbonyl (C=O) groups is 2. The Bertz CT molecular complexity index is 868. The first-order chi connectivity index (χ1) is 12.8. The molecule has 3 rings (SSSR count). The Kier molecular flexibility index (Phi) is 5.46. The number of hydrogen-bond acceptors (Lipinski definition) is 6. The molecule has 2 heterocycles. The molecule has 2 amide bonds. The first-order valence-corrected chi connectivity index (χ1v) is 8.92. The molecule has 0 bridgehead atoms. The molecule has 144 valence electrons. The SMILES string of the molecule is CC(C)Oc1cc2c(OCC[C@H]3NC(=O)C[C@@H]3N)nccc2cc1C(N)=O. The van der Waals surface area contributed by atoms with E-state index in [1.165, 1.54) is 0 Å². The third-order valence-electron chi connectivity index (χ3n) is 4.41. The Morgan fingerprint density at radius 3 is 2.81 bits per heavy atom. The van der Waals surface area contributed by atoms with E-state index in [0.717, 1.165) is 10.8 Å². The van der Waals surface area contributed by atoms with Crippen molar-refractivity contribution in [1.29, 1.82) is 0 Å². The zero-order chi connectivity index (χ0) is 19.6. The van der Waals surface area contributed by atoms with Crippen molar-refractivity contribution in [3.8, 4) is 11.6 Å². The van der Waals surface area contributed by atoms with Crippen molar-refractivity contribution in [2.45, 2.75) is 44.9 Å². The zero-order valence-electron chi connectivity index (χ0n) is 15.4. The van der Waals surface area contributed by atoms with Gasteiger partial charge in [-0.2, -0.15) is 0 Å². The molecule has 2 aromatic rings. The van der Waals surface area contributed by atoms with E-state index in [2.05, 4.69) is 10.3 Å². The predicted molar refractivity (Wildman–Crippen MR) is 101 cm³/mol. The van der Waals surface area contributed by atoms with Crippen LogP contribution in [0.5, 0.6) is 11.6 Å². The summed E-state index contributed by atoms with van der Waals surface area (Å²) in [5.41, 5.74) is 11.7. The number of fused-ring (bicyclic) bond motifs is 1. The number of hydrogen-bond donors (Lipinski definition) is 3. The summed E-state index contributed by atoms with van der Waals surface area (Å²) in [6, 6.07) is 4.87. The van der Waals surface area contributed by atoms with Crippen LogP contribution >= 0.6 is 0 Å². The number of ether oxygens (including phenoxy) is 2. The van der Waals surface area contributed by atoms with Crippen molar-refractivity contribution in [3.63, 3.8) is 0 Å². The lowest BCUT2D eigenvalue weighted by Gasteiger charge is -2.17. The third-order valence-corrected chi connectivity index (χ3v) is 4.41. The van der Waals surface area contributed by atoms with Crippen LogP contribution < -0.4 is 26.3 Å². The van der Waals surface area contributed by atoms with Crippen LogP contribution in [0.1, 0.15) is 37.0 Å². The van der Waals surface area contributed by atoms with Gasteiger partial charge in [0.25, 0.3) is 5.91 Å². The average molecular weight is 372 g/mol. The predicted octanol–water partition coefficient (Wildman–Crippen LogP) is 1.11. The van der Waals surface area contributed by atoms with Gasteiger partial charge >= 0.3 is 0 Å². The number of carbonyl (C=O) groups excluding carboxylic acids is 2. The first kappa shape index (κ1) is 18.9. The second-order valence-corrected chi connectivity index (χ2v) is 6.90. The van der Waals surface area contributed by atoms with Crippen LogP contribution in [-0.2, 0) is 4.79 Å². The molecule has 1 aromatic heterocycles. The van der Waals surface area contributed by atoms with Crippen LogP contribution in [0.3, 0.4) is 0 Å². The number of rotatable bonds is 7. The van der Waals surface area contributed by atoms with Crippen molar-refractivity contribution in [1.82, 2.24) is 10.3 Å². The molecule has 0 aliphatic carbocycles. The summed E-state index contributed by atoms with van der Waals surface area (Å²) < 4.78 is 11.6. The minimum atomic E-state index is -0.558. The first-order valence-electron chi connectivity index (χ1n) is 8.92. The molecular weight excluding hydrogens is 348 g/mol. The van der Waals surface area contributed by atoms with Crippen molar-refractivity contribution < 1.29 is 19.1 Å². The number of nitrogens with one attached hydrogen (secondary N) is 1. The largest absolute Gasteiger partial charge is 0.490 e. The topological polar surface area (TPSA) is 130 Å². The number of primary amides is 1. The molecule has 27 heavy (non-hydrogen) atoms. The Balaban J connectivity index is 1.82. The Labute approximate surface area is 157 Å². The van der Waals surface area contributed by atoms with Crippen LogP contribution in [-0.4, -0.2) is 41.6 Å². The number of aromatic nitrogens is 1. The second-order valence-electron chi connectivity index (χ2n) is 6.90. The number of benzene rings is 1. The highest BCUT2D eigenvalue weighted by Crippen LogP contribution is 2.31. The molecule has 0 radical (unpaired) electrons. The van der Waals surface area contributed by atoms with Crippen molar-refractivity contribution in [3.05, 3.63) is 30.0 Å². The van der Waals surface area contributed by atoms with E-state index in [1.807, 2.05) is 13.8 Å². The fourth-order valence-electron chi connectivity index (χ4n) is 3.13. The fraction of sp³-hybridized carbons (Fsp3) is 0.421. The van der Waals surface area contributed by atoms with Gasteiger partial charge in [-0.1, -0.05) is 0 Å². The van der Waals surface area contributed by atoms with Gasteiger partial charge in [-0.15, -0.1) is 0 Å². The summed E-state index contributed by atoms with van der Waals surface area (Å²) in [5, 5.41) is 4.34. The highest BCUT2D eigenvalue weighted by atomic mass is 16.5. The standard InChI is InChI=1S/C19H24N4O4/c1-10(2)27-16-8-12-11(7-13(16)18(21)25)3-5-22-19(12)26-6-4-15-14(20)9-17(24)23-15/h3,5,7-8,10,14-15H,4,6,9,20H2,1-2H3,(H2,21,25)(H,23,24)/t14-,15+/m0/s1. The highest BCUT2D eigenvalue weighted by molar-refractivity contribution is 6.01. The Morgan fingerprint density at radius 1 is 1.41 bits per heavy atom. The van der Waals surface area contributed by atoms with E-state index >= 15 is 0 Å². The molecule has 5 N–H and O–H groups in total. The van der Waals surface area contributed by atoms with Crippen LogP contribution in [0.15, 0.2) is 24.4 Å². The van der Waals surface area contributed by atoms with Gasteiger partial charge in [0.1, 0.15) is 5.75 Å². The van der Waals surface area contributed by atoms with Gasteiger partial charge < -0.3 is 26.3 Å². The van der Waals surface area contributed by atoms with Gasteiger partial charge in [0.05, 0.1) is 18.3 Å². The van der Waals surface area contributed by atoms with Crippen molar-refractivity contribution >= 4 is 22.6 Å². The van der Waals surface area contributed by atoms with Gasteiger partial charge in [-0.05, 0) is 37.4 Å². The number of nitrogens with two attached hydrogens (primary N) is 2. The summed E-state index contributed by atoms with van der Waals surface area (Å²) in [4.78, 5) is 27.4. The molecule has 1 fully saturated rings. The lowest BCUT2D eigenvalue weighted by atomic mass is 10.1. The van der Waals surface area contributed by atoms with E-state index in [9.17, 15) is 9.59 Å². The molecule has 1 aliphatic heterocycles. The van der Waals surface area contributed by atoms with Gasteiger partial charge in [0, 0.05) is 36.5 Å². The molecule has 0 spiro atoms. The van der Waals surface area contributed by atoms with Crippen LogP contribution in [0, 0.1) is 0 Å². The summed E-state index contributed by atoms with van der Waals surface area (Å²) in [6.07, 6.45) is 2.41. The van der Waals surface area contributed by atoms with Crippen molar-refractivity contribution in [2.75, 3.05) is 6.61 Å². The quantitative estimate of drug-likeness (QED) is 0.667. The van der Waals surface area contributed by atoms with E-state index in [-0.39, 0.29) is 24.1 Å². The van der Waals surface area contributed by atoms with E-state index in [4.69, 9.17) is 20.9 Å². The molecule has 1 aliphatic rings. The minimum Gasteiger partial charge on any atom is -0.490 e. The van der Waals surface area contributed by atoms with Crippen molar-refractivity contribution in [2.24, 2.45) is 11.5 Å². The third kappa shape index (κ3) is 4.28. The molecular formula is C19H24N4O4. The minimum absolute atomic E-state index is 0.0368. The maximum atomic E-state index is 11.8. The van der Waals surface area contributed by atoms with Gasteiger partial charge in [-0.25, -0.2) is 4.98 Å². The van der Waals surface area contributed by atoms with Gasteiger partial charge in [0.2, 0.25) is 11.8 Å². The number of pyridine rings is 1. The average Bonchev–Trinajstić information content (AvgIpc) is 2.91. The Morgan fingerprint density at radius 2 is 2.19 bits per heavy atom. The summed E-state index contributed by atoms with van der Waals surface area (Å²) >= 11 is 0. The van der Waals surface area contributed by atoms with E-state index < -0.39 is 5.91 Å². The maximum absolute atomic E-state index is 11.8. The molecule has 1 aromatic carbocycles. The maximum Gasteiger partial charge on any atom is 0.252 e. The van der Waals surface area contributed by atoms with Gasteiger partial charge in [-0.3, -0.25) is 9.59 Å². The molecule has 0 saturated carbocycles. The second kappa shape index (κ2) is 7.79. The highest BCUT2D eigenvalue weighted by Gasteiger charge is 2.29. The monoisotopic (exact) mass is 372 g/mol. The molecule has 8 heteroatoms. The lowest BCUT2D eigenvalue weighted by molar-refractivity contribution is -0.119. The van der Waals surface area contributed by atoms with Crippen LogP contribution in [0.2, 0.25) is 0 Å². The smallest absolute Gasteiger partial charge is 0.252 e. The molecule has 0 unspecified atom stereocenters. The fourth-order valence-corrected chi connectivity index (χ4v) is 3.13. The molecule has 2 atom stereocenters. The summed E-state index contributed by atoms with van der Waals surface area (Å²) in [7, 11) is 0. The van der Waals surface area contributed by atoms with Gasteiger partial charge in [0.15, 0.2) is 0 Å².